The molecule has 1 N–H and O–H groups in total. The molecule has 0 radical (unpaired) electrons. The Balaban J connectivity index is 2.04. The molecule has 3 rings (SSSR count). The first kappa shape index (κ1) is 14.1. The Hall–Kier alpha value is -1.84. The fourth-order valence-electron chi connectivity index (χ4n) is 3.38. The number of rotatable bonds is 2. The van der Waals surface area contributed by atoms with Crippen molar-refractivity contribution in [3.05, 3.63) is 29.3 Å². The summed E-state index contributed by atoms with van der Waals surface area (Å²) < 4.78 is 0. The number of fused-ring (bicyclic) bond motifs is 1. The molecule has 1 saturated heterocycles. The molecule has 112 valence electrons. The van der Waals surface area contributed by atoms with Crippen LogP contribution in [0, 0.1) is 0 Å². The molecule has 1 atom stereocenters. The molecule has 2 amide bonds. The van der Waals surface area contributed by atoms with E-state index >= 15 is 0 Å². The second-order valence-corrected chi connectivity index (χ2v) is 6.52. The first-order valence-electron chi connectivity index (χ1n) is 7.71. The van der Waals surface area contributed by atoms with Gasteiger partial charge in [-0.05, 0) is 62.8 Å². The minimum Gasteiger partial charge on any atom is -0.340 e. The second kappa shape index (κ2) is 4.86. The molecule has 4 heteroatoms. The fraction of sp³-hybridized carbons (Fsp3) is 0.529. The molecule has 1 unspecified atom stereocenters. The predicted molar refractivity (Wildman–Crippen MR) is 82.3 cm³/mol. The molecule has 2 aliphatic rings. The van der Waals surface area contributed by atoms with E-state index in [2.05, 4.69) is 17.4 Å². The zero-order chi connectivity index (χ0) is 15.2. The highest BCUT2D eigenvalue weighted by Crippen LogP contribution is 2.31. The Bertz CT molecular complexity index is 607. The van der Waals surface area contributed by atoms with Gasteiger partial charge in [-0.25, -0.2) is 0 Å². The van der Waals surface area contributed by atoms with Gasteiger partial charge in [0.05, 0.1) is 0 Å². The van der Waals surface area contributed by atoms with Gasteiger partial charge in [0.15, 0.2) is 0 Å². The average Bonchev–Trinajstić information content (AvgIpc) is 2.89. The van der Waals surface area contributed by atoms with Crippen LogP contribution in [0.2, 0.25) is 0 Å². The summed E-state index contributed by atoms with van der Waals surface area (Å²) in [7, 11) is 0. The molecule has 0 aromatic heterocycles. The van der Waals surface area contributed by atoms with Gasteiger partial charge < -0.3 is 5.32 Å². The van der Waals surface area contributed by atoms with E-state index in [1.807, 2.05) is 13.0 Å². The van der Waals surface area contributed by atoms with Crippen LogP contribution in [-0.2, 0) is 22.4 Å². The van der Waals surface area contributed by atoms with Gasteiger partial charge in [0.2, 0.25) is 5.91 Å². The van der Waals surface area contributed by atoms with Crippen molar-refractivity contribution in [3.63, 3.8) is 0 Å². The van der Waals surface area contributed by atoms with E-state index in [9.17, 15) is 9.59 Å². The maximum Gasteiger partial charge on any atom is 0.252 e. The molecule has 1 fully saturated rings. The van der Waals surface area contributed by atoms with Crippen LogP contribution < -0.4 is 10.2 Å². The van der Waals surface area contributed by atoms with E-state index in [4.69, 9.17) is 0 Å². The standard InChI is InChI=1S/C17H22N2O2/c1-4-14-15(20)18-17(2,3)16(21)19(14)13-9-8-11-6-5-7-12(11)10-13/h8-10,14H,4-7H2,1-3H3,(H,18,20). The first-order chi connectivity index (χ1) is 9.94. The van der Waals surface area contributed by atoms with E-state index in [0.29, 0.717) is 6.42 Å². The normalized spacial score (nSPS) is 24.0. The summed E-state index contributed by atoms with van der Waals surface area (Å²) in [5.41, 5.74) is 2.70. The van der Waals surface area contributed by atoms with E-state index in [0.717, 1.165) is 18.5 Å². The van der Waals surface area contributed by atoms with Crippen molar-refractivity contribution in [1.29, 1.82) is 0 Å². The molecule has 0 bridgehead atoms. The summed E-state index contributed by atoms with van der Waals surface area (Å²) in [6, 6.07) is 5.78. The summed E-state index contributed by atoms with van der Waals surface area (Å²) in [5.74, 6) is -0.102. The highest BCUT2D eigenvalue weighted by molar-refractivity contribution is 6.10. The van der Waals surface area contributed by atoms with Crippen LogP contribution in [-0.4, -0.2) is 23.4 Å². The number of nitrogens with one attached hydrogen (secondary N) is 1. The summed E-state index contributed by atoms with van der Waals surface area (Å²) in [5, 5.41) is 2.83. The monoisotopic (exact) mass is 286 g/mol. The number of benzene rings is 1. The van der Waals surface area contributed by atoms with Crippen LogP contribution in [0.1, 0.15) is 44.7 Å². The van der Waals surface area contributed by atoms with Crippen molar-refractivity contribution >= 4 is 17.5 Å². The average molecular weight is 286 g/mol. The number of hydrogen-bond donors (Lipinski definition) is 1. The second-order valence-electron chi connectivity index (χ2n) is 6.52. The lowest BCUT2D eigenvalue weighted by molar-refractivity contribution is -0.137. The summed E-state index contributed by atoms with van der Waals surface area (Å²) in [4.78, 5) is 26.8. The third-order valence-electron chi connectivity index (χ3n) is 4.55. The number of aryl methyl sites for hydroxylation is 2. The Morgan fingerprint density at radius 1 is 1.24 bits per heavy atom. The Morgan fingerprint density at radius 2 is 1.95 bits per heavy atom. The molecule has 1 aliphatic heterocycles. The lowest BCUT2D eigenvalue weighted by Gasteiger charge is -2.42. The Labute approximate surface area is 125 Å². The molecular formula is C17H22N2O2. The van der Waals surface area contributed by atoms with Gasteiger partial charge >= 0.3 is 0 Å². The highest BCUT2D eigenvalue weighted by atomic mass is 16.2. The van der Waals surface area contributed by atoms with Gasteiger partial charge in [-0.15, -0.1) is 0 Å². The highest BCUT2D eigenvalue weighted by Gasteiger charge is 2.45. The van der Waals surface area contributed by atoms with Gasteiger partial charge in [0.1, 0.15) is 11.6 Å². The van der Waals surface area contributed by atoms with Gasteiger partial charge in [-0.3, -0.25) is 14.5 Å². The molecule has 1 aromatic rings. The van der Waals surface area contributed by atoms with Gasteiger partial charge in [0.25, 0.3) is 5.91 Å². The molecule has 1 aromatic carbocycles. The van der Waals surface area contributed by atoms with Crippen molar-refractivity contribution in [1.82, 2.24) is 5.32 Å². The fourth-order valence-corrected chi connectivity index (χ4v) is 3.38. The molecule has 1 aliphatic carbocycles. The Kier molecular flexibility index (Phi) is 3.27. The minimum absolute atomic E-state index is 0.0353. The quantitative estimate of drug-likeness (QED) is 0.906. The van der Waals surface area contributed by atoms with Crippen molar-refractivity contribution in [2.24, 2.45) is 0 Å². The van der Waals surface area contributed by atoms with E-state index in [-0.39, 0.29) is 11.8 Å². The smallest absolute Gasteiger partial charge is 0.252 e. The predicted octanol–water partition coefficient (Wildman–Crippen LogP) is 2.20. The molecular weight excluding hydrogens is 264 g/mol. The number of piperazine rings is 1. The third kappa shape index (κ3) is 2.23. The van der Waals surface area contributed by atoms with E-state index < -0.39 is 11.6 Å². The van der Waals surface area contributed by atoms with Crippen molar-refractivity contribution in [2.45, 2.75) is 58.0 Å². The van der Waals surface area contributed by atoms with Crippen LogP contribution in [0.25, 0.3) is 0 Å². The van der Waals surface area contributed by atoms with Crippen LogP contribution in [0.5, 0.6) is 0 Å². The number of amides is 2. The van der Waals surface area contributed by atoms with E-state index in [1.165, 1.54) is 17.5 Å². The zero-order valence-corrected chi connectivity index (χ0v) is 12.9. The van der Waals surface area contributed by atoms with Crippen LogP contribution in [0.4, 0.5) is 5.69 Å². The summed E-state index contributed by atoms with van der Waals surface area (Å²) in [6.07, 6.45) is 3.98. The largest absolute Gasteiger partial charge is 0.340 e. The van der Waals surface area contributed by atoms with Crippen molar-refractivity contribution in [2.75, 3.05) is 4.90 Å². The van der Waals surface area contributed by atoms with Gasteiger partial charge in [0, 0.05) is 5.69 Å². The van der Waals surface area contributed by atoms with Crippen molar-refractivity contribution in [3.8, 4) is 0 Å². The number of anilines is 1. The lowest BCUT2D eigenvalue weighted by atomic mass is 9.94. The van der Waals surface area contributed by atoms with Gasteiger partial charge in [-0.2, -0.15) is 0 Å². The lowest BCUT2D eigenvalue weighted by Crippen LogP contribution is -2.68. The maximum absolute atomic E-state index is 12.8. The Morgan fingerprint density at radius 3 is 2.67 bits per heavy atom. The van der Waals surface area contributed by atoms with Crippen LogP contribution in [0.3, 0.4) is 0 Å². The molecule has 4 nitrogen and oxygen atoms in total. The zero-order valence-electron chi connectivity index (χ0n) is 12.9. The summed E-state index contributed by atoms with van der Waals surface area (Å²) in [6.45, 7) is 5.47. The molecule has 1 heterocycles. The van der Waals surface area contributed by atoms with Crippen molar-refractivity contribution < 1.29 is 9.59 Å². The topological polar surface area (TPSA) is 49.4 Å². The van der Waals surface area contributed by atoms with E-state index in [1.54, 1.807) is 18.7 Å². The number of hydrogen-bond acceptors (Lipinski definition) is 2. The number of carbonyl (C=O) groups is 2. The SMILES string of the molecule is CCC1C(=O)NC(C)(C)C(=O)N1c1ccc2c(c1)CCC2. The third-order valence-corrected chi connectivity index (χ3v) is 4.55. The summed E-state index contributed by atoms with van der Waals surface area (Å²) >= 11 is 0. The van der Waals surface area contributed by atoms with Gasteiger partial charge in [-0.1, -0.05) is 13.0 Å². The number of nitrogens with zero attached hydrogens (tertiary/aromatic N) is 1. The molecule has 21 heavy (non-hydrogen) atoms. The maximum atomic E-state index is 12.8. The molecule has 0 spiro atoms. The minimum atomic E-state index is -0.845. The first-order valence-corrected chi connectivity index (χ1v) is 7.71. The van der Waals surface area contributed by atoms with Crippen LogP contribution in [0.15, 0.2) is 18.2 Å². The van der Waals surface area contributed by atoms with Crippen LogP contribution >= 0.6 is 0 Å². The number of carbonyl (C=O) groups excluding carboxylic acids is 2. The molecule has 0 saturated carbocycles.